The first-order chi connectivity index (χ1) is 54.4. The summed E-state index contributed by atoms with van der Waals surface area (Å²) in [7, 11) is -3.93. The lowest BCUT2D eigenvalue weighted by molar-refractivity contribution is -0.395. The molecule has 115 heavy (non-hydrogen) atoms. The number of nitrogens with one attached hydrogen (secondary N) is 2. The van der Waals surface area contributed by atoms with E-state index >= 15 is 0 Å². The Balaban J connectivity index is 0.800. The van der Waals surface area contributed by atoms with Gasteiger partial charge in [-0.25, -0.2) is 18.7 Å². The number of anilines is 1. The average Bonchev–Trinajstić information content (AvgIpc) is 1.75. The molecule has 1 amide bonds. The summed E-state index contributed by atoms with van der Waals surface area (Å²) in [5.41, 5.74) is 4.10. The lowest BCUT2D eigenvalue weighted by Gasteiger charge is -2.50. The van der Waals surface area contributed by atoms with Crippen LogP contribution < -0.4 is 22.1 Å². The maximum absolute atomic E-state index is 14.9. The Bertz CT molecular complexity index is 3420. The highest BCUT2D eigenvalue weighted by Gasteiger charge is 2.62. The number of aliphatic hydroxyl groups is 20. The van der Waals surface area contributed by atoms with Crippen LogP contribution in [0.1, 0.15) is 19.6 Å². The maximum Gasteiger partial charge on any atom is 0.475 e. The van der Waals surface area contributed by atoms with E-state index in [9.17, 15) is 140 Å². The number of likely N-dealkylation sites (N-methyl/N-ethyl adjacent to an activating group) is 1. The maximum atomic E-state index is 14.9. The van der Waals surface area contributed by atoms with Gasteiger partial charge in [-0.05, 0) is 20.0 Å². The smallest absolute Gasteiger partial charge is 0.454 e. The third-order valence-electron chi connectivity index (χ3n) is 20.1. The Kier molecular flexibility index (Phi) is 32.7. The van der Waals surface area contributed by atoms with Crippen LogP contribution in [0.15, 0.2) is 17.1 Å². The highest BCUT2D eigenvalue weighted by atomic mass is 32.2. The number of phosphoric acid groups is 1. The third kappa shape index (κ3) is 21.0. The highest BCUT2D eigenvalue weighted by molar-refractivity contribution is 7.99. The van der Waals surface area contributed by atoms with Crippen LogP contribution in [0.4, 0.5) is 14.6 Å². The quantitative estimate of drug-likeness (QED) is 0.0275. The normalized spacial score (nSPS) is 44.7. The summed E-state index contributed by atoms with van der Waals surface area (Å²) in [6, 6.07) is -0.209. The number of nitrogen functional groups attached to an aromatic ring is 1. The van der Waals surface area contributed by atoms with E-state index in [-0.39, 0.29) is 11.6 Å². The SMILES string of the molecule is CNC(CSCC1O[C@@H]2O[C@@H]3C(CO)O[C@H](O[C@@H]4C(CO)O[C@H](O[C@@H]5C(CO)O[C@H](O[C@@H]6C(C)O[C@H](O[C@@H]7C(CO)O[C@H](O[C@@H]8C(CO)O[C@H](O[C@H]1C(O)[C@@H]2O)[C@@H](O)C8O)[C@@H](O)C7O)C(O)[C@H]6O)C(O)[C@H]5O)[C@@H](O)C4O)[C@@H](O)C3O)C(=O)NCCC(=O)OCC(=O)OCOP(=O)(O)OC[C@H]1O[C@@H](n2ccc(N)nc2=O)C(F)(F)[C@@H]1O. The van der Waals surface area contributed by atoms with E-state index in [4.69, 9.17) is 81.5 Å². The molecule has 660 valence electrons. The first-order valence-electron chi connectivity index (χ1n) is 35.7. The number of thioether (sulfide) groups is 1. The molecular weight excluding hydrogens is 1620 g/mol. The number of nitrogens with two attached hydrogens (primary N) is 1. The van der Waals surface area contributed by atoms with Gasteiger partial charge in [-0.3, -0.25) is 18.7 Å². The van der Waals surface area contributed by atoms with Crippen molar-refractivity contribution in [2.75, 3.05) is 83.9 Å². The second kappa shape index (κ2) is 40.3. The first-order valence-corrected chi connectivity index (χ1v) is 38.3. The molecule has 0 saturated carbocycles. The number of ether oxygens (including phenoxy) is 17. The fraction of sp³-hybridized carbons (Fsp3) is 0.885. The van der Waals surface area contributed by atoms with E-state index in [1.807, 2.05) is 0 Å². The summed E-state index contributed by atoms with van der Waals surface area (Å²) in [5, 5.41) is 230. The van der Waals surface area contributed by atoms with Crippen LogP contribution in [0.5, 0.6) is 0 Å². The minimum atomic E-state index is -5.26. The first kappa shape index (κ1) is 93.2. The zero-order valence-corrected chi connectivity index (χ0v) is 62.1. The summed E-state index contributed by atoms with van der Waals surface area (Å²) in [6.07, 6.45) is -78.4. The van der Waals surface area contributed by atoms with Crippen molar-refractivity contribution in [3.63, 3.8) is 0 Å². The minimum Gasteiger partial charge on any atom is -0.454 e. The van der Waals surface area contributed by atoms with Gasteiger partial charge in [0.05, 0.1) is 64.3 Å². The average molecular weight is 1720 g/mol. The second-order valence-corrected chi connectivity index (χ2v) is 30.3. The van der Waals surface area contributed by atoms with Crippen molar-refractivity contribution in [3.05, 3.63) is 22.7 Å². The number of aliphatic hydroxyl groups excluding tert-OH is 20. The number of rotatable bonds is 23. The lowest BCUT2D eigenvalue weighted by atomic mass is 9.95. The fourth-order valence-corrected chi connectivity index (χ4v) is 15.5. The molecule has 14 bridgehead atoms. The molecule has 22 aliphatic rings. The molecule has 1 aromatic heterocycles. The highest BCUT2D eigenvalue weighted by Crippen LogP contribution is 2.48. The summed E-state index contributed by atoms with van der Waals surface area (Å²) in [6.45, 7) is -8.40. The minimum absolute atomic E-state index is 0.263. The molecule has 22 aliphatic heterocycles. The Labute approximate surface area is 651 Å². The van der Waals surface area contributed by atoms with Crippen molar-refractivity contribution < 1.29 is 224 Å². The van der Waals surface area contributed by atoms with Crippen molar-refractivity contribution in [3.8, 4) is 0 Å². The molecular formula is C61H96F2N5O45PS. The molecule has 1 aromatic rings. The molecule has 23 rings (SSSR count). The van der Waals surface area contributed by atoms with Gasteiger partial charge in [-0.2, -0.15) is 25.5 Å². The van der Waals surface area contributed by atoms with Crippen LogP contribution in [0.3, 0.4) is 0 Å². The van der Waals surface area contributed by atoms with Gasteiger partial charge in [-0.1, -0.05) is 0 Å². The van der Waals surface area contributed by atoms with E-state index in [0.29, 0.717) is 4.57 Å². The molecule has 40 atom stereocenters. The monoisotopic (exact) mass is 1720 g/mol. The number of esters is 2. The summed E-state index contributed by atoms with van der Waals surface area (Å²) >= 11 is 0.836. The number of aromatic nitrogens is 2. The molecule has 25 N–H and O–H groups in total. The predicted octanol–water partition coefficient (Wildman–Crippen LogP) is -15.5. The number of carbonyl (C=O) groups is 3. The van der Waals surface area contributed by atoms with Crippen molar-refractivity contribution in [1.82, 2.24) is 20.2 Å². The molecule has 22 fully saturated rings. The van der Waals surface area contributed by atoms with Gasteiger partial charge in [0.25, 0.3) is 0 Å². The van der Waals surface area contributed by atoms with Crippen molar-refractivity contribution in [1.29, 1.82) is 0 Å². The number of hydrogen-bond donors (Lipinski definition) is 24. The molecule has 0 spiro atoms. The molecule has 16 unspecified atom stereocenters. The molecule has 50 nitrogen and oxygen atoms in total. The third-order valence-corrected chi connectivity index (χ3v) is 22.1. The van der Waals surface area contributed by atoms with Crippen LogP contribution in [-0.4, -0.2) is 452 Å². The van der Waals surface area contributed by atoms with E-state index < -0.39 is 348 Å². The number of phosphoric ester groups is 1. The van der Waals surface area contributed by atoms with Crippen LogP contribution in [0.2, 0.25) is 0 Å². The Hall–Kier alpha value is -4.03. The standard InChI is InChI=1S/C61H96F2N5O45PS/c1-17-43-29(76)36(83)52(99-17)108-44-19(7-69)101-54(38(85)31(44)78)111-47-22(10-72)104-57(41(88)34(47)81)113-49-25(15-115-14-18(65-2)51(91)66-5-3-27(74)95-13-28(75)96-16-98-114(93,94)97-12-24-50(90)61(62,63)59(106-24)68-6-4-26(64)67-60(68)92)105-58(42(89)35(49)82)112-48-23(11-73)103-56(40(87)33(48)80)110-46-21(9-71)102-55(39(86)32(46)79)109-45-20(8-70)100-53(107-43)37(84)30(45)77/h4,6,17-25,29-50,52-59,65,69-73,76-90H,3,5,7-16H2,1-2H3,(H,66,91)(H,93,94)(H2,64,67,92)/t17?,18?,19?,20?,21?,22?,23?,24-,25?,29-,30-,31?,32?,33?,34?,35?,36?,37?,38+,39+,40+,41+,42+,43-,44-,45-,46-,47-,48-,49-,50-,52-,53-,54-,55-,56-,57-,58-,59-/m1/s1. The topological polar surface area (TPSA) is 753 Å². The van der Waals surface area contributed by atoms with E-state index in [2.05, 4.69) is 29.4 Å². The Morgan fingerprint density at radius 3 is 1.28 bits per heavy atom. The summed E-state index contributed by atoms with van der Waals surface area (Å²) in [5.74, 6) is -8.48. The molecule has 23 heterocycles. The number of hydrogen-bond acceptors (Lipinski definition) is 48. The van der Waals surface area contributed by atoms with Gasteiger partial charge in [0, 0.05) is 24.2 Å². The number of carbonyl (C=O) groups excluding carboxylic acids is 3. The van der Waals surface area contributed by atoms with Crippen LogP contribution in [0.25, 0.3) is 0 Å². The Morgan fingerprint density at radius 1 is 0.530 bits per heavy atom. The fourth-order valence-electron chi connectivity index (χ4n) is 13.7. The zero-order valence-electron chi connectivity index (χ0n) is 60.4. The van der Waals surface area contributed by atoms with Gasteiger partial charge < -0.3 is 204 Å². The zero-order chi connectivity index (χ0) is 84.1. The van der Waals surface area contributed by atoms with Crippen molar-refractivity contribution >= 4 is 43.2 Å². The largest absolute Gasteiger partial charge is 0.475 e. The van der Waals surface area contributed by atoms with Gasteiger partial charge in [0.15, 0.2) is 56.7 Å². The molecule has 54 heteroatoms. The number of alkyl halides is 2. The van der Waals surface area contributed by atoms with E-state index in [0.717, 1.165) is 24.0 Å². The second-order valence-electron chi connectivity index (χ2n) is 27.7. The van der Waals surface area contributed by atoms with Gasteiger partial charge in [0.2, 0.25) is 18.9 Å². The summed E-state index contributed by atoms with van der Waals surface area (Å²) in [4.78, 5) is 64.0. The van der Waals surface area contributed by atoms with Gasteiger partial charge >= 0.3 is 31.4 Å². The lowest BCUT2D eigenvalue weighted by Crippen LogP contribution is -2.68. The Morgan fingerprint density at radius 2 is 0.896 bits per heavy atom. The van der Waals surface area contributed by atoms with Crippen LogP contribution in [-0.2, 0) is 109 Å². The van der Waals surface area contributed by atoms with Crippen LogP contribution >= 0.6 is 19.6 Å². The summed E-state index contributed by atoms with van der Waals surface area (Å²) < 4.78 is 148. The van der Waals surface area contributed by atoms with Crippen molar-refractivity contribution in [2.45, 2.75) is 259 Å². The molecule has 0 aromatic carbocycles. The number of halogens is 2. The number of amides is 1. The molecule has 0 radical (unpaired) electrons. The van der Waals surface area contributed by atoms with Crippen LogP contribution in [0, 0.1) is 0 Å². The molecule has 22 saturated heterocycles. The van der Waals surface area contributed by atoms with Crippen molar-refractivity contribution in [2.24, 2.45) is 0 Å². The van der Waals surface area contributed by atoms with Gasteiger partial charge in [0.1, 0.15) is 171 Å². The predicted molar refractivity (Wildman–Crippen MR) is 354 cm³/mol. The number of nitrogens with zero attached hydrogens (tertiary/aromatic N) is 2. The van der Waals surface area contributed by atoms with Gasteiger partial charge in [-0.15, -0.1) is 0 Å². The van der Waals surface area contributed by atoms with E-state index in [1.54, 1.807) is 0 Å². The van der Waals surface area contributed by atoms with E-state index in [1.165, 1.54) is 14.0 Å². The molecule has 0 aliphatic carbocycles.